The number of halogens is 1. The van der Waals surface area contributed by atoms with E-state index in [2.05, 4.69) is 10.4 Å². The van der Waals surface area contributed by atoms with Gasteiger partial charge in [-0.1, -0.05) is 23.7 Å². The first-order valence-electron chi connectivity index (χ1n) is 6.45. The van der Waals surface area contributed by atoms with Crippen LogP contribution in [0.3, 0.4) is 0 Å². The molecule has 0 saturated carbocycles. The SMILES string of the molecule is CCn1ncc(NCCc2ccc(N)cc2)c(Cl)c1=O. The summed E-state index contributed by atoms with van der Waals surface area (Å²) in [5, 5.41) is 7.34. The fourth-order valence-electron chi connectivity index (χ4n) is 1.84. The lowest BCUT2D eigenvalue weighted by Crippen LogP contribution is -2.23. The van der Waals surface area contributed by atoms with Crippen LogP contribution in [0.25, 0.3) is 0 Å². The molecular weight excluding hydrogens is 276 g/mol. The Bertz CT molecular complexity index is 637. The maximum atomic E-state index is 11.8. The van der Waals surface area contributed by atoms with Gasteiger partial charge < -0.3 is 11.1 Å². The van der Waals surface area contributed by atoms with E-state index >= 15 is 0 Å². The van der Waals surface area contributed by atoms with Crippen LogP contribution in [-0.4, -0.2) is 16.3 Å². The van der Waals surface area contributed by atoms with Gasteiger partial charge in [-0.25, -0.2) is 4.68 Å². The Kier molecular flexibility index (Phi) is 4.63. The highest BCUT2D eigenvalue weighted by Crippen LogP contribution is 2.15. The van der Waals surface area contributed by atoms with Crippen LogP contribution in [0.15, 0.2) is 35.3 Å². The average molecular weight is 293 g/mol. The number of aromatic nitrogens is 2. The molecule has 1 heterocycles. The van der Waals surface area contributed by atoms with E-state index in [4.69, 9.17) is 17.3 Å². The Hall–Kier alpha value is -2.01. The van der Waals surface area contributed by atoms with Crippen molar-refractivity contribution >= 4 is 23.0 Å². The first-order valence-corrected chi connectivity index (χ1v) is 6.83. The summed E-state index contributed by atoms with van der Waals surface area (Å²) in [4.78, 5) is 11.8. The van der Waals surface area contributed by atoms with Gasteiger partial charge in [-0.2, -0.15) is 5.10 Å². The molecule has 6 heteroatoms. The summed E-state index contributed by atoms with van der Waals surface area (Å²) in [6, 6.07) is 7.69. The number of nitrogens with two attached hydrogens (primary N) is 1. The number of nitrogens with one attached hydrogen (secondary N) is 1. The number of benzene rings is 1. The smallest absolute Gasteiger partial charge is 0.287 e. The Morgan fingerprint density at radius 3 is 2.70 bits per heavy atom. The van der Waals surface area contributed by atoms with Gasteiger partial charge >= 0.3 is 0 Å². The number of nitrogen functional groups attached to an aromatic ring is 1. The van der Waals surface area contributed by atoms with Crippen LogP contribution in [0.2, 0.25) is 5.02 Å². The molecule has 0 aliphatic rings. The second kappa shape index (κ2) is 6.43. The van der Waals surface area contributed by atoms with E-state index in [0.29, 0.717) is 18.8 Å². The van der Waals surface area contributed by atoms with Gasteiger partial charge in [0.1, 0.15) is 5.02 Å². The predicted molar refractivity (Wildman–Crippen MR) is 82.2 cm³/mol. The quantitative estimate of drug-likeness (QED) is 0.828. The molecule has 20 heavy (non-hydrogen) atoms. The lowest BCUT2D eigenvalue weighted by Gasteiger charge is -2.09. The number of hydrogen-bond donors (Lipinski definition) is 2. The topological polar surface area (TPSA) is 72.9 Å². The van der Waals surface area contributed by atoms with Gasteiger partial charge in [0.05, 0.1) is 11.9 Å². The number of anilines is 2. The van der Waals surface area contributed by atoms with Crippen molar-refractivity contribution < 1.29 is 0 Å². The molecule has 0 aliphatic carbocycles. The molecule has 2 rings (SSSR count). The van der Waals surface area contributed by atoms with Gasteiger partial charge in [0.2, 0.25) is 0 Å². The molecule has 0 bridgehead atoms. The largest absolute Gasteiger partial charge is 0.399 e. The zero-order valence-electron chi connectivity index (χ0n) is 11.3. The van der Waals surface area contributed by atoms with Crippen molar-refractivity contribution in [3.8, 4) is 0 Å². The average Bonchev–Trinajstić information content (AvgIpc) is 2.46. The van der Waals surface area contributed by atoms with Crippen LogP contribution >= 0.6 is 11.6 Å². The van der Waals surface area contributed by atoms with Crippen LogP contribution in [-0.2, 0) is 13.0 Å². The normalized spacial score (nSPS) is 10.5. The van der Waals surface area contributed by atoms with Crippen LogP contribution in [0.1, 0.15) is 12.5 Å². The minimum atomic E-state index is -0.272. The fraction of sp³-hybridized carbons (Fsp3) is 0.286. The number of nitrogens with zero attached hydrogens (tertiary/aromatic N) is 2. The molecule has 0 radical (unpaired) electrons. The molecule has 106 valence electrons. The van der Waals surface area contributed by atoms with E-state index < -0.39 is 0 Å². The Morgan fingerprint density at radius 1 is 1.35 bits per heavy atom. The molecule has 0 aliphatic heterocycles. The van der Waals surface area contributed by atoms with Crippen LogP contribution in [0, 0.1) is 0 Å². The van der Waals surface area contributed by atoms with Crippen molar-refractivity contribution in [3.63, 3.8) is 0 Å². The van der Waals surface area contributed by atoms with Crippen molar-refractivity contribution in [2.75, 3.05) is 17.6 Å². The molecule has 1 aromatic heterocycles. The molecule has 0 spiro atoms. The summed E-state index contributed by atoms with van der Waals surface area (Å²) in [5.41, 5.74) is 7.84. The van der Waals surface area contributed by atoms with Crippen molar-refractivity contribution in [2.24, 2.45) is 0 Å². The summed E-state index contributed by atoms with van der Waals surface area (Å²) in [6.07, 6.45) is 2.39. The molecular formula is C14H17ClN4O. The minimum Gasteiger partial charge on any atom is -0.399 e. The second-order valence-electron chi connectivity index (χ2n) is 4.41. The van der Waals surface area contributed by atoms with Crippen LogP contribution in [0.5, 0.6) is 0 Å². The van der Waals surface area contributed by atoms with Crippen molar-refractivity contribution in [1.29, 1.82) is 0 Å². The van der Waals surface area contributed by atoms with Crippen LogP contribution in [0.4, 0.5) is 11.4 Å². The minimum absolute atomic E-state index is 0.180. The molecule has 0 unspecified atom stereocenters. The van der Waals surface area contributed by atoms with Gasteiger partial charge in [-0.3, -0.25) is 4.79 Å². The predicted octanol–water partition coefficient (Wildman–Crippen LogP) is 2.15. The van der Waals surface area contributed by atoms with E-state index in [1.165, 1.54) is 4.68 Å². The standard InChI is InChI=1S/C14H17ClN4O/c1-2-19-14(20)13(15)12(9-18-19)17-8-7-10-3-5-11(16)6-4-10/h3-6,9,17H,2,7-8,16H2,1H3. The van der Waals surface area contributed by atoms with E-state index in [9.17, 15) is 4.79 Å². The van der Waals surface area contributed by atoms with Gasteiger partial charge in [0.15, 0.2) is 0 Å². The van der Waals surface area contributed by atoms with E-state index in [1.54, 1.807) is 6.20 Å². The van der Waals surface area contributed by atoms with Crippen molar-refractivity contribution in [2.45, 2.75) is 19.9 Å². The third-order valence-electron chi connectivity index (χ3n) is 2.99. The summed E-state index contributed by atoms with van der Waals surface area (Å²) in [6.45, 7) is 3.02. The lowest BCUT2D eigenvalue weighted by molar-refractivity contribution is 0.616. The molecule has 0 amide bonds. The third-order valence-corrected chi connectivity index (χ3v) is 3.36. The molecule has 0 fully saturated rings. The molecule has 1 aromatic carbocycles. The number of hydrogen-bond acceptors (Lipinski definition) is 4. The van der Waals surface area contributed by atoms with Gasteiger partial charge in [0.25, 0.3) is 5.56 Å². The highest BCUT2D eigenvalue weighted by molar-refractivity contribution is 6.32. The zero-order valence-corrected chi connectivity index (χ0v) is 12.0. The molecule has 0 atom stereocenters. The fourth-order valence-corrected chi connectivity index (χ4v) is 2.05. The van der Waals surface area contributed by atoms with Gasteiger partial charge in [-0.05, 0) is 31.0 Å². The van der Waals surface area contributed by atoms with Gasteiger partial charge in [0, 0.05) is 18.8 Å². The second-order valence-corrected chi connectivity index (χ2v) is 4.79. The molecule has 2 aromatic rings. The Balaban J connectivity index is 1.99. The first kappa shape index (κ1) is 14.4. The molecule has 3 N–H and O–H groups in total. The highest BCUT2D eigenvalue weighted by Gasteiger charge is 2.07. The number of aryl methyl sites for hydroxylation is 1. The molecule has 5 nitrogen and oxygen atoms in total. The maximum Gasteiger partial charge on any atom is 0.287 e. The van der Waals surface area contributed by atoms with Crippen LogP contribution < -0.4 is 16.6 Å². The zero-order chi connectivity index (χ0) is 14.5. The molecule has 0 saturated heterocycles. The number of rotatable bonds is 5. The van der Waals surface area contributed by atoms with E-state index in [-0.39, 0.29) is 10.6 Å². The Labute approximate surface area is 122 Å². The van der Waals surface area contributed by atoms with Gasteiger partial charge in [-0.15, -0.1) is 0 Å². The maximum absolute atomic E-state index is 11.8. The lowest BCUT2D eigenvalue weighted by atomic mass is 10.1. The Morgan fingerprint density at radius 2 is 2.05 bits per heavy atom. The van der Waals surface area contributed by atoms with E-state index in [0.717, 1.165) is 17.7 Å². The first-order chi connectivity index (χ1) is 9.61. The van der Waals surface area contributed by atoms with Crippen molar-refractivity contribution in [3.05, 3.63) is 51.4 Å². The third kappa shape index (κ3) is 3.30. The van der Waals surface area contributed by atoms with Crippen molar-refractivity contribution in [1.82, 2.24) is 9.78 Å². The summed E-state index contributed by atoms with van der Waals surface area (Å²) in [7, 11) is 0. The summed E-state index contributed by atoms with van der Waals surface area (Å²) < 4.78 is 1.33. The highest BCUT2D eigenvalue weighted by atomic mass is 35.5. The summed E-state index contributed by atoms with van der Waals surface area (Å²) >= 11 is 6.03. The monoisotopic (exact) mass is 292 g/mol. The summed E-state index contributed by atoms with van der Waals surface area (Å²) in [5.74, 6) is 0. The van der Waals surface area contributed by atoms with E-state index in [1.807, 2.05) is 31.2 Å².